The summed E-state index contributed by atoms with van der Waals surface area (Å²) in [6.07, 6.45) is 0. The van der Waals surface area contributed by atoms with E-state index < -0.39 is 29.7 Å². The van der Waals surface area contributed by atoms with Crippen LogP contribution in [0.5, 0.6) is 5.75 Å². The van der Waals surface area contributed by atoms with Crippen molar-refractivity contribution in [3.05, 3.63) is 75.1 Å². The molecule has 1 aromatic heterocycles. The van der Waals surface area contributed by atoms with Crippen LogP contribution in [0.2, 0.25) is 0 Å². The third-order valence-corrected chi connectivity index (χ3v) is 5.37. The van der Waals surface area contributed by atoms with Crippen molar-refractivity contribution < 1.29 is 28.4 Å². The van der Waals surface area contributed by atoms with Crippen molar-refractivity contribution in [2.24, 2.45) is 0 Å². The summed E-state index contributed by atoms with van der Waals surface area (Å²) in [7, 11) is 0. The first-order valence-electron chi connectivity index (χ1n) is 10.5. The Morgan fingerprint density at radius 1 is 0.971 bits per heavy atom. The maximum absolute atomic E-state index is 12.4. The molecule has 1 saturated heterocycles. The fourth-order valence-electron chi connectivity index (χ4n) is 3.55. The number of benzene rings is 2. The molecule has 0 atom stereocenters. The number of carbonyl (C=O) groups excluding carboxylic acids is 2. The second-order valence-electron chi connectivity index (χ2n) is 7.54. The lowest BCUT2D eigenvalue weighted by molar-refractivity contribution is -0.384. The molecule has 0 bridgehead atoms. The maximum atomic E-state index is 12.4. The molecule has 2 heterocycles. The topological polar surface area (TPSA) is 132 Å². The molecule has 1 aliphatic rings. The molecule has 3 aromatic rings. The number of rotatable bonds is 7. The fourth-order valence-corrected chi connectivity index (χ4v) is 3.55. The van der Waals surface area contributed by atoms with Gasteiger partial charge in [-0.05, 0) is 30.3 Å². The highest BCUT2D eigenvalue weighted by atomic mass is 16.6. The highest BCUT2D eigenvalue weighted by molar-refractivity contribution is 5.81. The summed E-state index contributed by atoms with van der Waals surface area (Å²) in [5, 5.41) is 11.5. The molecule has 1 amide bonds. The van der Waals surface area contributed by atoms with Gasteiger partial charge in [0.15, 0.2) is 13.2 Å². The van der Waals surface area contributed by atoms with E-state index >= 15 is 0 Å². The molecule has 0 radical (unpaired) electrons. The summed E-state index contributed by atoms with van der Waals surface area (Å²) in [5.74, 6) is -0.691. The molecule has 34 heavy (non-hydrogen) atoms. The number of hydrogen-bond acceptors (Lipinski definition) is 9. The normalized spacial score (nSPS) is 13.5. The second-order valence-corrected chi connectivity index (χ2v) is 7.54. The average Bonchev–Trinajstić information content (AvgIpc) is 2.86. The number of non-ortho nitro benzene ring substituents is 1. The Bertz CT molecular complexity index is 1260. The predicted octanol–water partition coefficient (Wildman–Crippen LogP) is 1.97. The zero-order valence-electron chi connectivity index (χ0n) is 18.0. The van der Waals surface area contributed by atoms with Gasteiger partial charge in [-0.15, -0.1) is 0 Å². The van der Waals surface area contributed by atoms with Crippen molar-refractivity contribution >= 4 is 34.2 Å². The molecule has 0 saturated carbocycles. The van der Waals surface area contributed by atoms with Gasteiger partial charge in [-0.3, -0.25) is 14.9 Å². The Kier molecular flexibility index (Phi) is 6.72. The molecule has 1 fully saturated rings. The van der Waals surface area contributed by atoms with E-state index in [-0.39, 0.29) is 11.6 Å². The lowest BCUT2D eigenvalue weighted by Crippen LogP contribution is -2.50. The van der Waals surface area contributed by atoms with Crippen molar-refractivity contribution in [3.63, 3.8) is 0 Å². The van der Waals surface area contributed by atoms with Crippen LogP contribution in [0.1, 0.15) is 0 Å². The van der Waals surface area contributed by atoms with E-state index in [9.17, 15) is 24.5 Å². The van der Waals surface area contributed by atoms with E-state index in [1.807, 2.05) is 4.90 Å². The molecule has 11 heteroatoms. The van der Waals surface area contributed by atoms with Crippen LogP contribution < -0.4 is 15.3 Å². The number of hydrogen-bond donors (Lipinski definition) is 0. The molecular weight excluding hydrogens is 446 g/mol. The number of ether oxygens (including phenoxy) is 2. The molecule has 1 aliphatic heterocycles. The molecule has 176 valence electrons. The molecular formula is C23H21N3O8. The number of esters is 1. The van der Waals surface area contributed by atoms with Gasteiger partial charge in [0.1, 0.15) is 11.3 Å². The Hall–Kier alpha value is -4.41. The third-order valence-electron chi connectivity index (χ3n) is 5.37. The molecule has 0 N–H and O–H groups in total. The number of nitrogens with zero attached hydrogens (tertiary/aromatic N) is 3. The van der Waals surface area contributed by atoms with E-state index in [0.717, 1.165) is 5.69 Å². The lowest BCUT2D eigenvalue weighted by Gasteiger charge is -2.36. The fraction of sp³-hybridized carbons (Fsp3) is 0.261. The van der Waals surface area contributed by atoms with E-state index in [0.29, 0.717) is 42.9 Å². The first kappa shape index (κ1) is 22.8. The van der Waals surface area contributed by atoms with Crippen LogP contribution in [0.15, 0.2) is 63.8 Å². The molecule has 11 nitrogen and oxygen atoms in total. The van der Waals surface area contributed by atoms with Gasteiger partial charge in [-0.25, -0.2) is 9.59 Å². The van der Waals surface area contributed by atoms with Crippen molar-refractivity contribution in [3.8, 4) is 5.75 Å². The van der Waals surface area contributed by atoms with Gasteiger partial charge in [0.25, 0.3) is 11.6 Å². The van der Waals surface area contributed by atoms with Crippen LogP contribution in [-0.4, -0.2) is 61.1 Å². The number of piperazine rings is 1. The highest BCUT2D eigenvalue weighted by Gasteiger charge is 2.22. The summed E-state index contributed by atoms with van der Waals surface area (Å²) in [6, 6.07) is 14.0. The van der Waals surface area contributed by atoms with Crippen molar-refractivity contribution in [2.45, 2.75) is 0 Å². The van der Waals surface area contributed by atoms with E-state index in [1.165, 1.54) is 24.3 Å². The van der Waals surface area contributed by atoms with E-state index in [2.05, 4.69) is 0 Å². The Balaban J connectivity index is 1.20. The summed E-state index contributed by atoms with van der Waals surface area (Å²) >= 11 is 0. The Morgan fingerprint density at radius 3 is 2.38 bits per heavy atom. The van der Waals surface area contributed by atoms with Crippen LogP contribution in [0.4, 0.5) is 11.4 Å². The summed E-state index contributed by atoms with van der Waals surface area (Å²) in [6.45, 7) is 1.19. The SMILES string of the molecule is O=C(COc1ccc2ccc(=O)oc2c1)OCC(=O)N1CCN(c2ccc([N+](=O)[O-])cc2)CC1. The minimum atomic E-state index is -0.701. The summed E-state index contributed by atoms with van der Waals surface area (Å²) in [4.78, 5) is 49.7. The number of fused-ring (bicyclic) bond motifs is 1. The van der Waals surface area contributed by atoms with Crippen molar-refractivity contribution in [1.82, 2.24) is 4.90 Å². The third kappa shape index (κ3) is 5.49. The van der Waals surface area contributed by atoms with Crippen LogP contribution in [0.25, 0.3) is 11.0 Å². The van der Waals surface area contributed by atoms with Gasteiger partial charge in [-0.2, -0.15) is 0 Å². The van der Waals surface area contributed by atoms with E-state index in [4.69, 9.17) is 13.9 Å². The van der Waals surface area contributed by atoms with Crippen LogP contribution in [-0.2, 0) is 14.3 Å². The molecule has 0 unspecified atom stereocenters. The molecule has 0 spiro atoms. The van der Waals surface area contributed by atoms with Gasteiger partial charge < -0.3 is 23.7 Å². The van der Waals surface area contributed by atoms with Crippen LogP contribution >= 0.6 is 0 Å². The first-order valence-corrected chi connectivity index (χ1v) is 10.5. The minimum absolute atomic E-state index is 0.0237. The lowest BCUT2D eigenvalue weighted by atomic mass is 10.2. The van der Waals surface area contributed by atoms with Gasteiger partial charge in [-0.1, -0.05) is 0 Å². The number of nitro groups is 1. The summed E-state index contributed by atoms with van der Waals surface area (Å²) < 4.78 is 15.5. The second kappa shape index (κ2) is 10.0. The standard InChI is InChI=1S/C23H21N3O8/c27-21(25-11-9-24(10-12-25)17-3-5-18(6-4-17)26(30)31)14-33-23(29)15-32-19-7-1-16-2-8-22(28)34-20(16)13-19/h1-8,13H,9-12,14-15H2. The number of nitro benzene ring substituents is 1. The van der Waals surface area contributed by atoms with Crippen molar-refractivity contribution in [1.29, 1.82) is 0 Å². The maximum Gasteiger partial charge on any atom is 0.344 e. The average molecular weight is 467 g/mol. The molecule has 0 aliphatic carbocycles. The number of anilines is 1. The minimum Gasteiger partial charge on any atom is -0.482 e. The van der Waals surface area contributed by atoms with Gasteiger partial charge in [0, 0.05) is 61.5 Å². The Labute approximate surface area is 193 Å². The van der Waals surface area contributed by atoms with Gasteiger partial charge in [0.05, 0.1) is 4.92 Å². The van der Waals surface area contributed by atoms with Gasteiger partial charge in [0.2, 0.25) is 0 Å². The zero-order valence-corrected chi connectivity index (χ0v) is 18.0. The quantitative estimate of drug-likeness (QED) is 0.221. The van der Waals surface area contributed by atoms with E-state index in [1.54, 1.807) is 35.2 Å². The number of carbonyl (C=O) groups is 2. The van der Waals surface area contributed by atoms with Crippen LogP contribution in [0, 0.1) is 10.1 Å². The van der Waals surface area contributed by atoms with Crippen molar-refractivity contribution in [2.75, 3.05) is 44.3 Å². The monoisotopic (exact) mass is 467 g/mol. The summed E-state index contributed by atoms with van der Waals surface area (Å²) in [5.41, 5.74) is 0.711. The number of amides is 1. The van der Waals surface area contributed by atoms with Gasteiger partial charge >= 0.3 is 11.6 Å². The smallest absolute Gasteiger partial charge is 0.344 e. The van der Waals surface area contributed by atoms with Crippen LogP contribution in [0.3, 0.4) is 0 Å². The largest absolute Gasteiger partial charge is 0.482 e. The predicted molar refractivity (Wildman–Crippen MR) is 121 cm³/mol. The zero-order chi connectivity index (χ0) is 24.1. The first-order chi connectivity index (χ1) is 16.4. The molecule has 2 aromatic carbocycles. The highest BCUT2D eigenvalue weighted by Crippen LogP contribution is 2.21. The molecule has 4 rings (SSSR count). The Morgan fingerprint density at radius 2 is 1.68 bits per heavy atom.